The van der Waals surface area contributed by atoms with E-state index in [1.165, 1.54) is 7.11 Å². The van der Waals surface area contributed by atoms with Crippen molar-refractivity contribution < 1.29 is 34.4 Å². The largest absolute Gasteiger partial charge is 0.493 e. The first kappa shape index (κ1) is 32.8. The number of halogens is 1. The van der Waals surface area contributed by atoms with Crippen LogP contribution in [0, 0.1) is 3.57 Å². The Morgan fingerprint density at radius 1 is 1.19 bits per heavy atom. The number of nitrogens with zero attached hydrogens (tertiary/aromatic N) is 1. The molecule has 2 aromatic carbocycles. The lowest BCUT2D eigenvalue weighted by molar-refractivity contribution is -0.138. The SMILES string of the molecule is CCCCC(=O)N(CCc1cc2ccccc2[nH]1)[C@@H]1CC(C(=O)NCCO)=C[C@H](Oc2c(I)cc(CO)cc2OC)[C@H]1O. The normalized spacial score (nSPS) is 18.3. The van der Waals surface area contributed by atoms with Crippen LogP contribution in [0.25, 0.3) is 10.9 Å². The van der Waals surface area contributed by atoms with Crippen LogP contribution in [0.5, 0.6) is 11.5 Å². The van der Waals surface area contributed by atoms with Gasteiger partial charge in [-0.3, -0.25) is 9.59 Å². The number of aromatic nitrogens is 1. The van der Waals surface area contributed by atoms with Crippen LogP contribution in [0.1, 0.15) is 43.9 Å². The maximum atomic E-state index is 13.6. The summed E-state index contributed by atoms with van der Waals surface area (Å²) in [5, 5.41) is 34.4. The number of amides is 2. The zero-order valence-corrected chi connectivity index (χ0v) is 26.7. The van der Waals surface area contributed by atoms with Gasteiger partial charge in [0.15, 0.2) is 11.5 Å². The van der Waals surface area contributed by atoms with E-state index in [1.807, 2.05) is 31.2 Å². The summed E-state index contributed by atoms with van der Waals surface area (Å²) in [6.45, 7) is 2.03. The molecule has 0 bridgehead atoms. The van der Waals surface area contributed by atoms with E-state index in [0.717, 1.165) is 23.0 Å². The number of ether oxygens (including phenoxy) is 2. The quantitative estimate of drug-likeness (QED) is 0.162. The zero-order valence-electron chi connectivity index (χ0n) is 24.5. The van der Waals surface area contributed by atoms with Crippen LogP contribution in [0.3, 0.4) is 0 Å². The molecule has 1 aromatic heterocycles. The molecule has 11 heteroatoms. The van der Waals surface area contributed by atoms with Crippen molar-refractivity contribution in [3.63, 3.8) is 0 Å². The Morgan fingerprint density at radius 3 is 2.67 bits per heavy atom. The Hall–Kier alpha value is -3.13. The highest BCUT2D eigenvalue weighted by Gasteiger charge is 2.40. The van der Waals surface area contributed by atoms with Gasteiger partial charge in [0, 0.05) is 49.1 Å². The molecule has 43 heavy (non-hydrogen) atoms. The lowest BCUT2D eigenvalue weighted by Gasteiger charge is -2.40. The Bertz CT molecular complexity index is 1410. The van der Waals surface area contributed by atoms with Crippen molar-refractivity contribution in [2.24, 2.45) is 0 Å². The van der Waals surface area contributed by atoms with E-state index in [4.69, 9.17) is 9.47 Å². The first-order chi connectivity index (χ1) is 20.8. The number of unbranched alkanes of at least 4 members (excludes halogenated alkanes) is 1. The second-order valence-electron chi connectivity index (χ2n) is 10.6. The molecule has 232 valence electrons. The molecule has 1 heterocycles. The average molecular weight is 706 g/mol. The number of fused-ring (bicyclic) bond motifs is 1. The number of aliphatic hydroxyl groups excluding tert-OH is 3. The average Bonchev–Trinajstić information content (AvgIpc) is 3.44. The van der Waals surface area contributed by atoms with Crippen molar-refractivity contribution in [3.05, 3.63) is 68.9 Å². The van der Waals surface area contributed by atoms with Gasteiger partial charge in [-0.1, -0.05) is 31.5 Å². The number of nitrogens with one attached hydrogen (secondary N) is 2. The van der Waals surface area contributed by atoms with Crippen LogP contribution in [-0.2, 0) is 22.6 Å². The molecule has 0 saturated carbocycles. The second-order valence-corrected chi connectivity index (χ2v) is 11.8. The van der Waals surface area contributed by atoms with Crippen LogP contribution in [0.2, 0.25) is 0 Å². The third kappa shape index (κ3) is 8.08. The predicted octanol–water partition coefficient (Wildman–Crippen LogP) is 3.45. The summed E-state index contributed by atoms with van der Waals surface area (Å²) in [4.78, 5) is 31.9. The first-order valence-corrected chi connectivity index (χ1v) is 15.6. The van der Waals surface area contributed by atoms with E-state index < -0.39 is 24.2 Å². The van der Waals surface area contributed by atoms with E-state index in [0.29, 0.717) is 52.0 Å². The van der Waals surface area contributed by atoms with Gasteiger partial charge < -0.3 is 40.0 Å². The van der Waals surface area contributed by atoms with Crippen molar-refractivity contribution in [1.82, 2.24) is 15.2 Å². The summed E-state index contributed by atoms with van der Waals surface area (Å²) >= 11 is 2.07. The van der Waals surface area contributed by atoms with Crippen molar-refractivity contribution >= 4 is 45.3 Å². The van der Waals surface area contributed by atoms with Crippen molar-refractivity contribution in [2.45, 2.75) is 63.9 Å². The molecular weight excluding hydrogens is 665 g/mol. The molecule has 0 aliphatic heterocycles. The number of para-hydroxylation sites is 1. The number of rotatable bonds is 14. The highest BCUT2D eigenvalue weighted by atomic mass is 127. The lowest BCUT2D eigenvalue weighted by atomic mass is 9.87. The smallest absolute Gasteiger partial charge is 0.247 e. The molecule has 10 nitrogen and oxygen atoms in total. The molecular formula is C32H40IN3O7. The highest BCUT2D eigenvalue weighted by Crippen LogP contribution is 2.37. The van der Waals surface area contributed by atoms with Crippen LogP contribution in [-0.4, -0.2) is 82.1 Å². The molecule has 0 saturated heterocycles. The molecule has 3 atom stereocenters. The number of carbonyl (C=O) groups is 2. The Morgan fingerprint density at radius 2 is 1.98 bits per heavy atom. The number of hydrogen-bond donors (Lipinski definition) is 5. The highest BCUT2D eigenvalue weighted by molar-refractivity contribution is 14.1. The number of carbonyl (C=O) groups excluding carboxylic acids is 2. The van der Waals surface area contributed by atoms with Gasteiger partial charge in [-0.25, -0.2) is 0 Å². The predicted molar refractivity (Wildman–Crippen MR) is 172 cm³/mol. The van der Waals surface area contributed by atoms with E-state index in [9.17, 15) is 24.9 Å². The number of benzene rings is 2. The van der Waals surface area contributed by atoms with Crippen LogP contribution >= 0.6 is 22.6 Å². The van der Waals surface area contributed by atoms with Gasteiger partial charge in [0.25, 0.3) is 0 Å². The lowest BCUT2D eigenvalue weighted by Crippen LogP contribution is -2.55. The molecule has 1 aliphatic rings. The minimum Gasteiger partial charge on any atom is -0.493 e. The molecule has 1 aliphatic carbocycles. The molecule has 4 rings (SSSR count). The van der Waals surface area contributed by atoms with Crippen molar-refractivity contribution in [3.8, 4) is 11.5 Å². The molecule has 3 aromatic rings. The molecule has 2 amide bonds. The van der Waals surface area contributed by atoms with Crippen molar-refractivity contribution in [1.29, 1.82) is 0 Å². The van der Waals surface area contributed by atoms with Gasteiger partial charge in [0.05, 0.1) is 29.9 Å². The fourth-order valence-electron chi connectivity index (χ4n) is 5.35. The van der Waals surface area contributed by atoms with E-state index in [1.54, 1.807) is 23.1 Å². The van der Waals surface area contributed by atoms with E-state index >= 15 is 0 Å². The van der Waals surface area contributed by atoms with E-state index in [-0.39, 0.29) is 32.1 Å². The van der Waals surface area contributed by atoms with E-state index in [2.05, 4.69) is 39.0 Å². The summed E-state index contributed by atoms with van der Waals surface area (Å²) in [5.74, 6) is 0.239. The number of aromatic amines is 1. The number of H-pyrrole nitrogens is 1. The topological polar surface area (TPSA) is 144 Å². The Kier molecular flexibility index (Phi) is 11.9. The van der Waals surface area contributed by atoms with Gasteiger partial charge in [0.2, 0.25) is 11.8 Å². The molecule has 0 fully saturated rings. The summed E-state index contributed by atoms with van der Waals surface area (Å²) in [6, 6.07) is 12.7. The van der Waals surface area contributed by atoms with Crippen LogP contribution in [0.4, 0.5) is 0 Å². The third-order valence-corrected chi connectivity index (χ3v) is 8.41. The van der Waals surface area contributed by atoms with Gasteiger partial charge in [0.1, 0.15) is 12.2 Å². The van der Waals surface area contributed by atoms with Crippen LogP contribution < -0.4 is 14.8 Å². The summed E-state index contributed by atoms with van der Waals surface area (Å²) in [7, 11) is 1.49. The summed E-state index contributed by atoms with van der Waals surface area (Å²) < 4.78 is 12.5. The first-order valence-electron chi connectivity index (χ1n) is 14.6. The maximum absolute atomic E-state index is 13.6. The fraction of sp³-hybridized carbons (Fsp3) is 0.438. The minimum atomic E-state index is -1.15. The Balaban J connectivity index is 1.67. The van der Waals surface area contributed by atoms with Gasteiger partial charge in [-0.2, -0.15) is 0 Å². The minimum absolute atomic E-state index is 0.0722. The monoisotopic (exact) mass is 705 g/mol. The number of methoxy groups -OCH3 is 1. The zero-order chi connectivity index (χ0) is 30.9. The molecule has 0 radical (unpaired) electrons. The van der Waals surface area contributed by atoms with Crippen molar-refractivity contribution in [2.75, 3.05) is 26.8 Å². The Labute approximate surface area is 265 Å². The molecule has 0 spiro atoms. The van der Waals surface area contributed by atoms with Gasteiger partial charge in [-0.15, -0.1) is 0 Å². The number of aliphatic hydroxyl groups is 3. The number of hydrogen-bond acceptors (Lipinski definition) is 7. The standard InChI is InChI=1S/C32H40IN3O7/c1-3-4-9-29(39)36(12-10-23-16-21-7-5-6-8-25(21)35-23)26-17-22(32(41)34-11-13-37)18-27(30(26)40)43-31-24(33)14-20(19-38)15-28(31)42-2/h5-8,14-16,18,26-27,30,35,37-38,40H,3-4,9-13,17,19H2,1-2H3,(H,34,41)/t26-,27+,30+/m1/s1. The molecule has 0 unspecified atom stereocenters. The third-order valence-electron chi connectivity index (χ3n) is 7.61. The van der Waals surface area contributed by atoms with Gasteiger partial charge in [-0.05, 0) is 70.3 Å². The van der Waals surface area contributed by atoms with Crippen LogP contribution in [0.15, 0.2) is 54.1 Å². The molecule has 5 N–H and O–H groups in total. The summed E-state index contributed by atoms with van der Waals surface area (Å²) in [6.07, 6.45) is 1.98. The summed E-state index contributed by atoms with van der Waals surface area (Å²) in [5.41, 5.74) is 2.97. The fourth-order valence-corrected chi connectivity index (χ4v) is 6.14. The van der Waals surface area contributed by atoms with Gasteiger partial charge >= 0.3 is 0 Å². The second kappa shape index (κ2) is 15.6. The maximum Gasteiger partial charge on any atom is 0.247 e.